The van der Waals surface area contributed by atoms with Crippen LogP contribution in [0.15, 0.2) is 11.4 Å². The second-order valence-corrected chi connectivity index (χ2v) is 2.40. The van der Waals surface area contributed by atoms with Crippen molar-refractivity contribution < 1.29 is 0 Å². The van der Waals surface area contributed by atoms with Crippen molar-refractivity contribution in [3.8, 4) is 11.4 Å². The third-order valence-electron chi connectivity index (χ3n) is 1.07. The molecule has 2 aromatic heterocycles. The van der Waals surface area contributed by atoms with E-state index in [0.717, 1.165) is 5.56 Å². The lowest BCUT2D eigenvalue weighted by molar-refractivity contribution is 0.881. The Kier molecular flexibility index (Phi) is 1.21. The number of nitrogens with one attached hydrogen (secondary N) is 1. The predicted molar refractivity (Wildman–Crippen MR) is 36.3 cm³/mol. The van der Waals surface area contributed by atoms with Gasteiger partial charge in [-0.3, -0.25) is 0 Å². The van der Waals surface area contributed by atoms with Crippen LogP contribution >= 0.6 is 11.3 Å². The van der Waals surface area contributed by atoms with E-state index < -0.39 is 0 Å². The molecule has 2 rings (SSSR count). The van der Waals surface area contributed by atoms with Crippen molar-refractivity contribution in [2.75, 3.05) is 0 Å². The quantitative estimate of drug-likeness (QED) is 0.653. The highest BCUT2D eigenvalue weighted by Crippen LogP contribution is 2.14. The van der Waals surface area contributed by atoms with E-state index in [0.29, 0.717) is 5.82 Å². The van der Waals surface area contributed by atoms with Gasteiger partial charge in [-0.05, 0) is 21.9 Å². The number of hydrogen-bond donors (Lipinski definition) is 1. The fraction of sp³-hybridized carbons (Fsp3) is 0. The van der Waals surface area contributed by atoms with Gasteiger partial charge in [0.05, 0.1) is 5.38 Å². The van der Waals surface area contributed by atoms with Crippen molar-refractivity contribution in [3.05, 3.63) is 16.8 Å². The number of thiophene rings is 1. The minimum absolute atomic E-state index is 0.668. The number of aromatic amines is 1. The van der Waals surface area contributed by atoms with Gasteiger partial charge in [-0.25, -0.2) is 5.10 Å². The first-order valence-corrected chi connectivity index (χ1v) is 3.54. The molecule has 0 aliphatic heterocycles. The zero-order chi connectivity index (χ0) is 6.81. The second-order valence-electron chi connectivity index (χ2n) is 1.69. The average Bonchev–Trinajstić information content (AvgIpc) is 2.59. The summed E-state index contributed by atoms with van der Waals surface area (Å²) in [6, 6.07) is 1.91. The van der Waals surface area contributed by atoms with Crippen molar-refractivity contribution in [3.63, 3.8) is 0 Å². The zero-order valence-corrected chi connectivity index (χ0v) is 5.72. The Labute approximate surface area is 60.9 Å². The van der Waals surface area contributed by atoms with E-state index in [-0.39, 0.29) is 0 Å². The molecule has 0 aliphatic rings. The third kappa shape index (κ3) is 0.801. The summed E-state index contributed by atoms with van der Waals surface area (Å²) in [7, 11) is 0. The van der Waals surface area contributed by atoms with Gasteiger partial charge in [-0.2, -0.15) is 0 Å². The molecule has 0 saturated carbocycles. The Morgan fingerprint density at radius 1 is 1.60 bits per heavy atom. The van der Waals surface area contributed by atoms with Crippen LogP contribution in [0.25, 0.3) is 11.4 Å². The molecule has 0 bridgehead atoms. The first-order valence-electron chi connectivity index (χ1n) is 2.66. The molecule has 4 nitrogen and oxygen atoms in total. The highest BCUT2D eigenvalue weighted by molar-refractivity contribution is 7.07. The molecule has 0 amide bonds. The summed E-state index contributed by atoms with van der Waals surface area (Å²) in [6.07, 6.45) is 0. The largest absolute Gasteiger partial charge is 0.239 e. The molecule has 0 saturated heterocycles. The summed E-state index contributed by atoms with van der Waals surface area (Å²) in [4.78, 5) is 0. The Morgan fingerprint density at radius 3 is 3.20 bits per heavy atom. The van der Waals surface area contributed by atoms with Gasteiger partial charge in [-0.15, -0.1) is 16.4 Å². The minimum Gasteiger partial charge on any atom is -0.239 e. The molecule has 0 unspecified atom stereocenters. The summed E-state index contributed by atoms with van der Waals surface area (Å²) in [5, 5.41) is 18.2. The second kappa shape index (κ2) is 2.18. The lowest BCUT2D eigenvalue weighted by Gasteiger charge is -1.81. The summed E-state index contributed by atoms with van der Waals surface area (Å²) in [5.74, 6) is 0.668. The van der Waals surface area contributed by atoms with Gasteiger partial charge < -0.3 is 0 Å². The Hall–Kier alpha value is -1.23. The van der Waals surface area contributed by atoms with Crippen LogP contribution < -0.4 is 0 Å². The van der Waals surface area contributed by atoms with Crippen LogP contribution in [0, 0.1) is 5.38 Å². The van der Waals surface area contributed by atoms with Crippen molar-refractivity contribution >= 4 is 11.3 Å². The topological polar surface area (TPSA) is 54.5 Å². The van der Waals surface area contributed by atoms with E-state index in [1.54, 1.807) is 0 Å². The van der Waals surface area contributed by atoms with E-state index in [1.807, 2.05) is 11.4 Å². The van der Waals surface area contributed by atoms with Gasteiger partial charge in [-0.1, -0.05) is 0 Å². The van der Waals surface area contributed by atoms with Crippen LogP contribution in [0.1, 0.15) is 0 Å². The van der Waals surface area contributed by atoms with Crippen LogP contribution in [0.4, 0.5) is 0 Å². The molecule has 0 aromatic carbocycles. The Balaban J connectivity index is 2.48. The first-order chi connectivity index (χ1) is 4.97. The van der Waals surface area contributed by atoms with Gasteiger partial charge >= 0.3 is 0 Å². The maximum absolute atomic E-state index is 3.72. The fourth-order valence-electron chi connectivity index (χ4n) is 0.634. The number of hydrogen-bond acceptors (Lipinski definition) is 4. The first kappa shape index (κ1) is 5.55. The van der Waals surface area contributed by atoms with Crippen molar-refractivity contribution in [1.29, 1.82) is 0 Å². The predicted octanol–water partition coefficient (Wildman–Crippen LogP) is 0.728. The van der Waals surface area contributed by atoms with Crippen molar-refractivity contribution in [1.82, 2.24) is 20.6 Å². The molecule has 1 N–H and O–H groups in total. The molecule has 2 aromatic rings. The smallest absolute Gasteiger partial charge is 0.180 e. The van der Waals surface area contributed by atoms with Crippen molar-refractivity contribution in [2.45, 2.75) is 0 Å². The molecule has 10 heavy (non-hydrogen) atoms. The van der Waals surface area contributed by atoms with Gasteiger partial charge in [0.1, 0.15) is 0 Å². The van der Waals surface area contributed by atoms with Crippen LogP contribution in [-0.2, 0) is 0 Å². The summed E-state index contributed by atoms with van der Waals surface area (Å²) >= 11 is 1.50. The molecule has 0 spiro atoms. The van der Waals surface area contributed by atoms with E-state index in [1.165, 1.54) is 11.3 Å². The van der Waals surface area contributed by atoms with Crippen molar-refractivity contribution in [2.24, 2.45) is 0 Å². The molecule has 5 heteroatoms. The van der Waals surface area contributed by atoms with E-state index >= 15 is 0 Å². The lowest BCUT2D eigenvalue weighted by atomic mass is 10.3. The van der Waals surface area contributed by atoms with Crippen LogP contribution in [0.5, 0.6) is 0 Å². The maximum atomic E-state index is 3.72. The number of rotatable bonds is 1. The SMILES string of the molecule is [c]1sccc1-c1nnn[nH]1. The highest BCUT2D eigenvalue weighted by Gasteiger charge is 1.99. The number of aromatic nitrogens is 4. The van der Waals surface area contributed by atoms with Crippen LogP contribution in [0.2, 0.25) is 0 Å². The molecule has 49 valence electrons. The zero-order valence-electron chi connectivity index (χ0n) is 4.90. The minimum atomic E-state index is 0.668. The maximum Gasteiger partial charge on any atom is 0.180 e. The van der Waals surface area contributed by atoms with E-state index in [9.17, 15) is 0 Å². The van der Waals surface area contributed by atoms with E-state index in [2.05, 4.69) is 26.0 Å². The molecular weight excluding hydrogens is 148 g/mol. The molecule has 1 radical (unpaired) electrons. The molecule has 0 aliphatic carbocycles. The van der Waals surface area contributed by atoms with Gasteiger partial charge in [0.25, 0.3) is 0 Å². The summed E-state index contributed by atoms with van der Waals surface area (Å²) < 4.78 is 0. The molecular formula is C5H3N4S. The number of tetrazole rings is 1. The summed E-state index contributed by atoms with van der Waals surface area (Å²) in [5.41, 5.74) is 0.912. The normalized spacial score (nSPS) is 10.0. The number of nitrogens with zero attached hydrogens (tertiary/aromatic N) is 3. The standard InChI is InChI=1S/C5H3N4S/c1-2-10-3-4(1)5-6-8-9-7-5/h1-2H,(H,6,7,8,9). The van der Waals surface area contributed by atoms with Gasteiger partial charge in [0.15, 0.2) is 5.82 Å². The van der Waals surface area contributed by atoms with Gasteiger partial charge in [0.2, 0.25) is 0 Å². The van der Waals surface area contributed by atoms with Crippen LogP contribution in [-0.4, -0.2) is 20.6 Å². The van der Waals surface area contributed by atoms with E-state index in [4.69, 9.17) is 0 Å². The van der Waals surface area contributed by atoms with Crippen LogP contribution in [0.3, 0.4) is 0 Å². The summed E-state index contributed by atoms with van der Waals surface area (Å²) in [6.45, 7) is 0. The van der Waals surface area contributed by atoms with Gasteiger partial charge in [0, 0.05) is 5.56 Å². The highest BCUT2D eigenvalue weighted by atomic mass is 32.1. The molecule has 0 fully saturated rings. The molecule has 2 heterocycles. The number of H-pyrrole nitrogens is 1. The lowest BCUT2D eigenvalue weighted by Crippen LogP contribution is -1.74. The fourth-order valence-corrected chi connectivity index (χ4v) is 1.20. The molecule has 0 atom stereocenters. The Morgan fingerprint density at radius 2 is 2.60 bits per heavy atom. The Bertz CT molecular complexity index is 253. The monoisotopic (exact) mass is 151 g/mol. The average molecular weight is 151 g/mol. The third-order valence-corrected chi connectivity index (χ3v) is 1.68.